The van der Waals surface area contributed by atoms with E-state index in [9.17, 15) is 44.7 Å². The van der Waals surface area contributed by atoms with Crippen molar-refractivity contribution in [2.24, 2.45) is 23.0 Å². The third kappa shape index (κ3) is 5.04. The number of hydrogen-bond donors (Lipinski definition) is 8. The third-order valence-corrected chi connectivity index (χ3v) is 8.77. The Labute approximate surface area is 249 Å². The number of carbonyl (C=O) groups excluding carboxylic acids is 4. The molecule has 1 aromatic carbocycles. The van der Waals surface area contributed by atoms with Crippen LogP contribution in [-0.4, -0.2) is 98.7 Å². The maximum Gasteiger partial charge on any atom is 0.255 e. The van der Waals surface area contributed by atoms with E-state index >= 15 is 0 Å². The summed E-state index contributed by atoms with van der Waals surface area (Å²) in [5, 5.41) is 62.6. The fraction of sp³-hybridized carbons (Fsp3) is 0.533. The molecule has 0 bridgehead atoms. The van der Waals surface area contributed by atoms with Crippen molar-refractivity contribution in [3.63, 3.8) is 0 Å². The van der Waals surface area contributed by atoms with E-state index in [0.717, 1.165) is 6.42 Å². The van der Waals surface area contributed by atoms with Gasteiger partial charge in [-0.2, -0.15) is 0 Å². The normalized spacial score (nSPS) is 28.8. The minimum Gasteiger partial charge on any atom is -0.508 e. The van der Waals surface area contributed by atoms with E-state index in [1.165, 1.54) is 25.1 Å². The number of likely N-dealkylation sites (N-methyl/N-ethyl adjacent to an activating group) is 1. The number of benzene rings is 1. The maximum atomic E-state index is 14.1. The quantitative estimate of drug-likeness (QED) is 0.159. The second-order valence-corrected chi connectivity index (χ2v) is 13.0. The van der Waals surface area contributed by atoms with Crippen molar-refractivity contribution in [1.82, 2.24) is 10.2 Å². The number of aliphatic hydroxyl groups excluding tert-OH is 3. The van der Waals surface area contributed by atoms with Crippen LogP contribution in [-0.2, 0) is 19.2 Å². The molecule has 3 aliphatic carbocycles. The second kappa shape index (κ2) is 11.0. The van der Waals surface area contributed by atoms with E-state index in [1.54, 1.807) is 13.0 Å². The van der Waals surface area contributed by atoms with E-state index in [4.69, 9.17) is 5.73 Å². The van der Waals surface area contributed by atoms with Crippen LogP contribution in [0.4, 0.5) is 5.69 Å². The van der Waals surface area contributed by atoms with Crippen LogP contribution in [0.25, 0.3) is 5.76 Å². The second-order valence-electron chi connectivity index (χ2n) is 13.0. The largest absolute Gasteiger partial charge is 0.508 e. The first kappa shape index (κ1) is 32.0. The zero-order valence-electron chi connectivity index (χ0n) is 25.1. The van der Waals surface area contributed by atoms with Gasteiger partial charge < -0.3 is 41.9 Å². The Morgan fingerprint density at radius 2 is 1.74 bits per heavy atom. The van der Waals surface area contributed by atoms with Crippen molar-refractivity contribution in [2.45, 2.75) is 57.8 Å². The fourth-order valence-corrected chi connectivity index (χ4v) is 6.57. The average Bonchev–Trinajstić information content (AvgIpc) is 2.89. The van der Waals surface area contributed by atoms with Crippen LogP contribution in [0.2, 0.25) is 0 Å². The maximum absolute atomic E-state index is 14.1. The number of nitrogens with zero attached hydrogens (tertiary/aromatic N) is 1. The van der Waals surface area contributed by atoms with Crippen LogP contribution < -0.4 is 16.4 Å². The van der Waals surface area contributed by atoms with Crippen LogP contribution in [0, 0.1) is 17.3 Å². The number of primary amides is 1. The summed E-state index contributed by atoms with van der Waals surface area (Å²) >= 11 is 0. The van der Waals surface area contributed by atoms with E-state index in [-0.39, 0.29) is 29.1 Å². The van der Waals surface area contributed by atoms with Gasteiger partial charge in [-0.15, -0.1) is 0 Å². The molecule has 1 fully saturated rings. The number of hydrogen-bond acceptors (Lipinski definition) is 11. The highest BCUT2D eigenvalue weighted by Crippen LogP contribution is 2.56. The van der Waals surface area contributed by atoms with Crippen LogP contribution in [0.15, 0.2) is 29.0 Å². The monoisotopic (exact) mass is 600 g/mol. The van der Waals surface area contributed by atoms with Crippen molar-refractivity contribution in [1.29, 1.82) is 0 Å². The Bertz CT molecular complexity index is 1460. The number of nitrogens with two attached hydrogens (primary N) is 1. The van der Waals surface area contributed by atoms with E-state index in [0.29, 0.717) is 12.1 Å². The SMILES string of the molecule is C[C@@H]1c2ccc(NCC(=O)NCCC(C)(C)C)c(O)c2C(O)=C2C(=O)[C@@]3(O)C(O)=C(C(N)=O)C(=O)[C@@H](N(C)C)[C@H]3[C@H](O)[C@H]21. The lowest BCUT2D eigenvalue weighted by Gasteiger charge is -2.53. The van der Waals surface area contributed by atoms with Gasteiger partial charge in [0, 0.05) is 18.0 Å². The molecule has 43 heavy (non-hydrogen) atoms. The number of carbonyl (C=O) groups is 4. The first-order valence-electron chi connectivity index (χ1n) is 14.1. The summed E-state index contributed by atoms with van der Waals surface area (Å²) in [7, 11) is 2.89. The molecule has 0 heterocycles. The smallest absolute Gasteiger partial charge is 0.255 e. The zero-order chi connectivity index (χ0) is 32.3. The van der Waals surface area contributed by atoms with E-state index < -0.39 is 81.4 Å². The third-order valence-electron chi connectivity index (χ3n) is 8.77. The number of aliphatic hydroxyl groups is 4. The van der Waals surface area contributed by atoms with Gasteiger partial charge in [0.15, 0.2) is 11.4 Å². The number of amides is 2. The Balaban J connectivity index is 1.78. The van der Waals surface area contributed by atoms with Crippen LogP contribution in [0.1, 0.15) is 51.2 Å². The molecular formula is C30H40N4O9. The van der Waals surface area contributed by atoms with Gasteiger partial charge >= 0.3 is 0 Å². The molecule has 0 unspecified atom stereocenters. The summed E-state index contributed by atoms with van der Waals surface area (Å²) in [5.74, 6) is -9.95. The minimum absolute atomic E-state index is 0.0306. The van der Waals surface area contributed by atoms with Crippen molar-refractivity contribution in [3.05, 3.63) is 40.2 Å². The summed E-state index contributed by atoms with van der Waals surface area (Å²) in [4.78, 5) is 53.1. The van der Waals surface area contributed by atoms with Gasteiger partial charge in [-0.1, -0.05) is 33.8 Å². The molecule has 13 nitrogen and oxygen atoms in total. The number of ketones is 2. The molecule has 9 N–H and O–H groups in total. The summed E-state index contributed by atoms with van der Waals surface area (Å²) in [6.45, 7) is 8.05. The highest BCUT2D eigenvalue weighted by atomic mass is 16.4. The van der Waals surface area contributed by atoms with Gasteiger partial charge in [0.1, 0.15) is 22.8 Å². The molecule has 2 amide bonds. The number of nitrogens with one attached hydrogen (secondary N) is 2. The predicted molar refractivity (Wildman–Crippen MR) is 156 cm³/mol. The Kier molecular flexibility index (Phi) is 8.15. The molecule has 0 aromatic heterocycles. The van der Waals surface area contributed by atoms with E-state index in [1.807, 2.05) is 20.8 Å². The average molecular weight is 601 g/mol. The van der Waals surface area contributed by atoms with Gasteiger partial charge in [0.2, 0.25) is 11.7 Å². The van der Waals surface area contributed by atoms with Crippen molar-refractivity contribution in [2.75, 3.05) is 32.5 Å². The molecule has 4 rings (SSSR count). The number of anilines is 1. The topological polar surface area (TPSA) is 223 Å². The lowest BCUT2D eigenvalue weighted by Crippen LogP contribution is -2.70. The molecule has 6 atom stereocenters. The number of rotatable bonds is 7. The van der Waals surface area contributed by atoms with Gasteiger partial charge in [-0.05, 0) is 43.5 Å². The highest BCUT2D eigenvalue weighted by molar-refractivity contribution is 6.24. The van der Waals surface area contributed by atoms with Crippen LogP contribution in [0.5, 0.6) is 5.75 Å². The number of phenols is 1. The van der Waals surface area contributed by atoms with Gasteiger partial charge in [0.25, 0.3) is 5.91 Å². The first-order valence-corrected chi connectivity index (χ1v) is 14.1. The number of aromatic hydroxyl groups is 1. The Hall–Kier alpha value is -3.94. The summed E-state index contributed by atoms with van der Waals surface area (Å²) < 4.78 is 0. The molecule has 0 radical (unpaired) electrons. The molecule has 234 valence electrons. The van der Waals surface area contributed by atoms with Gasteiger partial charge in [-0.3, -0.25) is 24.1 Å². The molecule has 0 spiro atoms. The van der Waals surface area contributed by atoms with Gasteiger partial charge in [0.05, 0.1) is 35.9 Å². The molecule has 3 aliphatic rings. The molecular weight excluding hydrogens is 560 g/mol. The van der Waals surface area contributed by atoms with Crippen molar-refractivity contribution >= 4 is 34.8 Å². The fourth-order valence-electron chi connectivity index (χ4n) is 6.57. The van der Waals surface area contributed by atoms with Crippen molar-refractivity contribution < 1.29 is 44.7 Å². The van der Waals surface area contributed by atoms with Crippen molar-refractivity contribution in [3.8, 4) is 5.75 Å². The number of fused-ring (bicyclic) bond motifs is 3. The lowest BCUT2D eigenvalue weighted by atomic mass is 9.54. The number of Topliss-reactive ketones (excluding diaryl/α,β-unsaturated/α-hetero) is 2. The molecule has 0 aliphatic heterocycles. The van der Waals surface area contributed by atoms with Gasteiger partial charge in [-0.25, -0.2) is 0 Å². The minimum atomic E-state index is -2.99. The predicted octanol–water partition coefficient (Wildman–Crippen LogP) is 0.460. The summed E-state index contributed by atoms with van der Waals surface area (Å²) in [6, 6.07) is 1.65. The molecule has 0 saturated heterocycles. The summed E-state index contributed by atoms with van der Waals surface area (Å²) in [5.41, 5.74) is 1.21. The molecule has 13 heteroatoms. The lowest BCUT2D eigenvalue weighted by molar-refractivity contribution is -0.169. The molecule has 1 saturated carbocycles. The summed E-state index contributed by atoms with van der Waals surface area (Å²) in [6.07, 6.45) is -0.918. The van der Waals surface area contributed by atoms with E-state index in [2.05, 4.69) is 10.6 Å². The standard InChI is InChI=1S/C30H40N4O9/c1-12-13-7-8-14(33-11-15(35)32-10-9-29(2,3)4)22(36)17(13)23(37)18-16(12)24(38)20-21(34(5)6)25(39)19(28(31)42)27(41)30(20,43)26(18)40/h7-8,12,16,20-21,24,33,36-38,41,43H,9-11H2,1-6H3,(H2,31,42)(H,32,35)/t12-,16+,20+,21+,24-,30-/m1/s1. The Morgan fingerprint density at radius 1 is 1.12 bits per heavy atom. The highest BCUT2D eigenvalue weighted by Gasteiger charge is 2.68. The molecule has 1 aromatic rings. The zero-order valence-corrected chi connectivity index (χ0v) is 25.1. The Morgan fingerprint density at radius 3 is 2.30 bits per heavy atom. The van der Waals surface area contributed by atoms with Crippen LogP contribution in [0.3, 0.4) is 0 Å². The number of phenolic OH excluding ortho intramolecular Hbond substituents is 1. The first-order chi connectivity index (χ1) is 19.9. The van der Waals surface area contributed by atoms with Crippen LogP contribution >= 0.6 is 0 Å².